The summed E-state index contributed by atoms with van der Waals surface area (Å²) in [7, 11) is 0. The third kappa shape index (κ3) is 6.34. The Hall–Kier alpha value is -4.17. The first-order valence-corrected chi connectivity index (χ1v) is 12.8. The van der Waals surface area contributed by atoms with Crippen LogP contribution < -0.4 is 10.5 Å². The molecule has 0 aliphatic heterocycles. The summed E-state index contributed by atoms with van der Waals surface area (Å²) in [6.07, 6.45) is 9.30. The summed E-state index contributed by atoms with van der Waals surface area (Å²) in [5.74, 6) is 2.75. The molecule has 8 heteroatoms. The summed E-state index contributed by atoms with van der Waals surface area (Å²) in [4.78, 5) is 12.7. The van der Waals surface area contributed by atoms with Crippen molar-refractivity contribution in [1.82, 2.24) is 14.5 Å². The van der Waals surface area contributed by atoms with Gasteiger partial charge in [0.1, 0.15) is 28.8 Å². The van der Waals surface area contributed by atoms with Crippen LogP contribution in [0.2, 0.25) is 0 Å². The fourth-order valence-corrected chi connectivity index (χ4v) is 4.32. The summed E-state index contributed by atoms with van der Waals surface area (Å²) in [6, 6.07) is 23.2. The Bertz CT molecular complexity index is 1460. The number of rotatable bonds is 10. The number of nitrogens with zero attached hydrogens (tertiary/aromatic N) is 4. The highest BCUT2D eigenvalue weighted by molar-refractivity contribution is 9.10. The third-order valence-corrected chi connectivity index (χ3v) is 6.40. The van der Waals surface area contributed by atoms with Crippen molar-refractivity contribution in [3.8, 4) is 28.4 Å². The number of aromatic nitrogens is 3. The Balaban J connectivity index is 1.19. The molecule has 7 nitrogen and oxygen atoms in total. The van der Waals surface area contributed by atoms with Crippen molar-refractivity contribution < 1.29 is 9.15 Å². The molecule has 186 valence electrons. The molecule has 0 amide bonds. The first kappa shape index (κ1) is 24.5. The van der Waals surface area contributed by atoms with E-state index in [0.717, 1.165) is 57.9 Å². The molecule has 0 aliphatic carbocycles. The first-order chi connectivity index (χ1) is 18.2. The summed E-state index contributed by atoms with van der Waals surface area (Å²) < 4.78 is 15.1. The van der Waals surface area contributed by atoms with Gasteiger partial charge in [-0.1, -0.05) is 6.07 Å². The van der Waals surface area contributed by atoms with E-state index in [2.05, 4.69) is 35.5 Å². The molecule has 2 N–H and O–H groups in total. The molecule has 0 bridgehead atoms. The summed E-state index contributed by atoms with van der Waals surface area (Å²) in [5, 5.41) is 0. The van der Waals surface area contributed by atoms with Gasteiger partial charge in [0.2, 0.25) is 0 Å². The molecular weight excluding hydrogens is 530 g/mol. The van der Waals surface area contributed by atoms with Gasteiger partial charge < -0.3 is 19.5 Å². The van der Waals surface area contributed by atoms with Crippen LogP contribution in [0.3, 0.4) is 0 Å². The lowest BCUT2D eigenvalue weighted by atomic mass is 10.1. The third-order valence-electron chi connectivity index (χ3n) is 5.78. The highest BCUT2D eigenvalue weighted by atomic mass is 79.9. The number of imidazole rings is 1. The number of aryl methyl sites for hydroxylation is 1. The van der Waals surface area contributed by atoms with Gasteiger partial charge in [0.25, 0.3) is 0 Å². The minimum absolute atomic E-state index is 0.376. The molecule has 0 unspecified atom stereocenters. The summed E-state index contributed by atoms with van der Waals surface area (Å²) >= 11 is 3.64. The Labute approximate surface area is 223 Å². The molecule has 0 saturated heterocycles. The van der Waals surface area contributed by atoms with Crippen LogP contribution in [0.1, 0.15) is 18.5 Å². The van der Waals surface area contributed by atoms with E-state index in [1.54, 1.807) is 12.4 Å². The molecule has 2 aromatic carbocycles. The monoisotopic (exact) mass is 555 g/mol. The Morgan fingerprint density at radius 3 is 2.49 bits per heavy atom. The maximum atomic E-state index is 6.15. The first-order valence-electron chi connectivity index (χ1n) is 12.0. The van der Waals surface area contributed by atoms with Gasteiger partial charge in [-0.05, 0) is 95.5 Å². The SMILES string of the molecule is NC(=Nc1ccc(-c2ccc(-c3ccc(OCCCCn4ccnc4)c(Br)c3)o2)cc1)c1ccccn1. The zero-order valence-electron chi connectivity index (χ0n) is 20.1. The van der Waals surface area contributed by atoms with Crippen LogP contribution in [0.4, 0.5) is 5.69 Å². The smallest absolute Gasteiger partial charge is 0.150 e. The van der Waals surface area contributed by atoms with Crippen molar-refractivity contribution in [2.45, 2.75) is 19.4 Å². The van der Waals surface area contributed by atoms with Crippen LogP contribution in [0.5, 0.6) is 5.75 Å². The van der Waals surface area contributed by atoms with Crippen LogP contribution in [0.25, 0.3) is 22.6 Å². The number of amidine groups is 1. The van der Waals surface area contributed by atoms with Crippen molar-refractivity contribution in [1.29, 1.82) is 0 Å². The van der Waals surface area contributed by atoms with Crippen molar-refractivity contribution in [3.63, 3.8) is 0 Å². The van der Waals surface area contributed by atoms with Crippen molar-refractivity contribution in [2.24, 2.45) is 10.7 Å². The molecule has 3 aromatic heterocycles. The maximum absolute atomic E-state index is 6.15. The standard InChI is InChI=1S/C29H26BrN5O2/c30-24-19-22(8-11-28(24)36-18-4-3-16-35-17-15-32-20-35)27-13-12-26(37-27)21-6-9-23(10-7-21)34-29(31)25-5-1-2-14-33-25/h1-2,5-15,17,19-20H,3-4,16,18H2,(H2,31,34). The molecular formula is C29H26BrN5O2. The van der Waals surface area contributed by atoms with E-state index in [1.807, 2.05) is 85.3 Å². The minimum atomic E-state index is 0.376. The minimum Gasteiger partial charge on any atom is -0.492 e. The number of aliphatic imine (C=N–C) groups is 1. The Kier molecular flexibility index (Phi) is 7.76. The fourth-order valence-electron chi connectivity index (χ4n) is 3.83. The van der Waals surface area contributed by atoms with E-state index in [1.165, 1.54) is 0 Å². The van der Waals surface area contributed by atoms with E-state index in [-0.39, 0.29) is 0 Å². The van der Waals surface area contributed by atoms with Gasteiger partial charge in [-0.2, -0.15) is 0 Å². The molecule has 0 fully saturated rings. The van der Waals surface area contributed by atoms with Crippen LogP contribution in [-0.4, -0.2) is 27.0 Å². The number of pyridine rings is 1. The quantitative estimate of drug-likeness (QED) is 0.115. The molecule has 37 heavy (non-hydrogen) atoms. The lowest BCUT2D eigenvalue weighted by molar-refractivity contribution is 0.301. The van der Waals surface area contributed by atoms with Crippen molar-refractivity contribution in [2.75, 3.05) is 6.61 Å². The Morgan fingerprint density at radius 2 is 1.76 bits per heavy atom. The number of furan rings is 1. The van der Waals surface area contributed by atoms with E-state index < -0.39 is 0 Å². The average molecular weight is 556 g/mol. The zero-order chi connectivity index (χ0) is 25.5. The summed E-state index contributed by atoms with van der Waals surface area (Å²) in [5.41, 5.74) is 9.40. The molecule has 0 aliphatic rings. The van der Waals surface area contributed by atoms with Gasteiger partial charge in [0.15, 0.2) is 0 Å². The number of benzene rings is 2. The number of hydrogen-bond donors (Lipinski definition) is 1. The maximum Gasteiger partial charge on any atom is 0.150 e. The molecule has 0 radical (unpaired) electrons. The molecule has 0 saturated carbocycles. The topological polar surface area (TPSA) is 91.5 Å². The number of halogens is 1. The number of nitrogens with two attached hydrogens (primary N) is 1. The average Bonchev–Trinajstić information content (AvgIpc) is 3.63. The lowest BCUT2D eigenvalue weighted by Gasteiger charge is -2.09. The molecule has 0 spiro atoms. The van der Waals surface area contributed by atoms with Crippen molar-refractivity contribution in [3.05, 3.63) is 108 Å². The van der Waals surface area contributed by atoms with E-state index in [4.69, 9.17) is 14.9 Å². The van der Waals surface area contributed by atoms with Crippen LogP contribution >= 0.6 is 15.9 Å². The molecule has 5 aromatic rings. The molecule has 3 heterocycles. The largest absolute Gasteiger partial charge is 0.492 e. The van der Waals surface area contributed by atoms with Gasteiger partial charge in [-0.25, -0.2) is 9.98 Å². The number of ether oxygens (including phenoxy) is 1. The highest BCUT2D eigenvalue weighted by Gasteiger charge is 2.10. The van der Waals surface area contributed by atoms with Crippen LogP contribution in [0.15, 0.2) is 112 Å². The number of hydrogen-bond acceptors (Lipinski definition) is 5. The van der Waals surface area contributed by atoms with Crippen molar-refractivity contribution >= 4 is 27.5 Å². The summed E-state index contributed by atoms with van der Waals surface area (Å²) in [6.45, 7) is 1.60. The van der Waals surface area contributed by atoms with Gasteiger partial charge >= 0.3 is 0 Å². The van der Waals surface area contributed by atoms with Gasteiger partial charge in [-0.3, -0.25) is 4.98 Å². The van der Waals surface area contributed by atoms with E-state index in [0.29, 0.717) is 18.1 Å². The Morgan fingerprint density at radius 1 is 0.946 bits per heavy atom. The lowest BCUT2D eigenvalue weighted by Crippen LogP contribution is -2.14. The van der Waals surface area contributed by atoms with Crippen LogP contribution in [-0.2, 0) is 6.54 Å². The highest BCUT2D eigenvalue weighted by Crippen LogP contribution is 2.34. The van der Waals surface area contributed by atoms with E-state index in [9.17, 15) is 0 Å². The normalized spacial score (nSPS) is 11.5. The van der Waals surface area contributed by atoms with Crippen LogP contribution in [0, 0.1) is 0 Å². The fraction of sp³-hybridized carbons (Fsp3) is 0.138. The van der Waals surface area contributed by atoms with Gasteiger partial charge in [-0.15, -0.1) is 0 Å². The zero-order valence-corrected chi connectivity index (χ0v) is 21.7. The van der Waals surface area contributed by atoms with Gasteiger partial charge in [0.05, 0.1) is 23.1 Å². The predicted molar refractivity (Wildman–Crippen MR) is 149 cm³/mol. The second-order valence-electron chi connectivity index (χ2n) is 8.42. The molecule has 5 rings (SSSR count). The predicted octanol–water partition coefficient (Wildman–Crippen LogP) is 6.86. The molecule has 0 atom stereocenters. The van der Waals surface area contributed by atoms with E-state index >= 15 is 0 Å². The second kappa shape index (κ2) is 11.7. The van der Waals surface area contributed by atoms with Gasteiger partial charge in [0, 0.05) is 36.3 Å². The number of unbranched alkanes of at least 4 members (excludes halogenated alkanes) is 1. The second-order valence-corrected chi connectivity index (χ2v) is 9.28.